The van der Waals surface area contributed by atoms with Crippen molar-refractivity contribution < 1.29 is 13.9 Å². The Kier molecular flexibility index (Phi) is 5.92. The third-order valence-corrected chi connectivity index (χ3v) is 4.41. The smallest absolute Gasteiger partial charge is 0.318 e. The molecule has 5 heteroatoms. The fraction of sp³-hybridized carbons (Fsp3) is 0.286. The number of rotatable bonds is 7. The molecule has 0 fully saturated rings. The normalized spacial score (nSPS) is 12.1. The van der Waals surface area contributed by atoms with Crippen molar-refractivity contribution in [2.75, 3.05) is 20.3 Å². The van der Waals surface area contributed by atoms with E-state index in [1.165, 1.54) is 0 Å². The molecule has 0 aliphatic heterocycles. The summed E-state index contributed by atoms with van der Waals surface area (Å²) in [6.07, 6.45) is 1.61. The van der Waals surface area contributed by atoms with Crippen LogP contribution in [0.3, 0.4) is 0 Å². The minimum atomic E-state index is -0.140. The summed E-state index contributed by atoms with van der Waals surface area (Å²) < 4.78 is 10.5. The zero-order valence-electron chi connectivity index (χ0n) is 15.1. The van der Waals surface area contributed by atoms with Crippen LogP contribution in [0.2, 0.25) is 0 Å². The third kappa shape index (κ3) is 4.24. The molecule has 5 nitrogen and oxygen atoms in total. The number of furan rings is 1. The molecule has 0 saturated carbocycles. The molecule has 26 heavy (non-hydrogen) atoms. The second-order valence-electron chi connectivity index (χ2n) is 6.23. The van der Waals surface area contributed by atoms with Crippen LogP contribution in [0.5, 0.6) is 0 Å². The van der Waals surface area contributed by atoms with Gasteiger partial charge in [-0.15, -0.1) is 0 Å². The molecule has 3 aromatic rings. The molecule has 1 atom stereocenters. The molecular formula is C21H24N2O3. The number of carbonyl (C=O) groups excluding carboxylic acids is 1. The molecule has 2 aromatic carbocycles. The van der Waals surface area contributed by atoms with Crippen LogP contribution in [-0.2, 0) is 11.3 Å². The van der Waals surface area contributed by atoms with E-state index in [9.17, 15) is 4.79 Å². The summed E-state index contributed by atoms with van der Waals surface area (Å²) in [5.74, 6) is 0.745. The first kappa shape index (κ1) is 18.0. The predicted octanol–water partition coefficient (Wildman–Crippen LogP) is 4.35. The van der Waals surface area contributed by atoms with Gasteiger partial charge in [0, 0.05) is 13.7 Å². The van der Waals surface area contributed by atoms with Crippen molar-refractivity contribution in [2.45, 2.75) is 19.5 Å². The molecule has 1 heterocycles. The number of urea groups is 1. The maximum absolute atomic E-state index is 12.8. The Morgan fingerprint density at radius 2 is 1.96 bits per heavy atom. The standard InChI is InChI=1S/C21H24N2O3/c1-16(19-11-5-8-17-7-3-4-10-20(17)19)22-21(24)23(12-14-25-2)15-18-9-6-13-26-18/h3-11,13,16H,12,14-15H2,1-2H3,(H,22,24). The molecule has 0 radical (unpaired) electrons. The molecule has 3 rings (SSSR count). The van der Waals surface area contributed by atoms with E-state index in [-0.39, 0.29) is 12.1 Å². The Labute approximate surface area is 153 Å². The summed E-state index contributed by atoms with van der Waals surface area (Å²) in [6, 6.07) is 17.8. The zero-order chi connectivity index (χ0) is 18.4. The van der Waals surface area contributed by atoms with Gasteiger partial charge in [0.2, 0.25) is 0 Å². The highest BCUT2D eigenvalue weighted by Gasteiger charge is 2.18. The van der Waals surface area contributed by atoms with Crippen molar-refractivity contribution >= 4 is 16.8 Å². The molecule has 136 valence electrons. The largest absolute Gasteiger partial charge is 0.467 e. The molecule has 1 aromatic heterocycles. The number of nitrogens with zero attached hydrogens (tertiary/aromatic N) is 1. The van der Waals surface area contributed by atoms with Crippen molar-refractivity contribution in [1.82, 2.24) is 10.2 Å². The summed E-state index contributed by atoms with van der Waals surface area (Å²) >= 11 is 0. The molecule has 1 unspecified atom stereocenters. The van der Waals surface area contributed by atoms with Crippen LogP contribution in [-0.4, -0.2) is 31.2 Å². The van der Waals surface area contributed by atoms with Crippen molar-refractivity contribution in [3.63, 3.8) is 0 Å². The monoisotopic (exact) mass is 352 g/mol. The number of fused-ring (bicyclic) bond motifs is 1. The van der Waals surface area contributed by atoms with Crippen LogP contribution in [0.4, 0.5) is 4.79 Å². The Hall–Kier alpha value is -2.79. The topological polar surface area (TPSA) is 54.7 Å². The highest BCUT2D eigenvalue weighted by Crippen LogP contribution is 2.24. The maximum Gasteiger partial charge on any atom is 0.318 e. The van der Waals surface area contributed by atoms with Crippen molar-refractivity contribution in [1.29, 1.82) is 0 Å². The van der Waals surface area contributed by atoms with Gasteiger partial charge in [-0.25, -0.2) is 4.79 Å². The minimum Gasteiger partial charge on any atom is -0.467 e. The summed E-state index contributed by atoms with van der Waals surface area (Å²) in [6.45, 7) is 3.37. The van der Waals surface area contributed by atoms with E-state index in [1.807, 2.05) is 37.3 Å². The fourth-order valence-corrected chi connectivity index (χ4v) is 3.03. The third-order valence-electron chi connectivity index (χ3n) is 4.41. The van der Waals surface area contributed by atoms with Crippen LogP contribution >= 0.6 is 0 Å². The highest BCUT2D eigenvalue weighted by molar-refractivity contribution is 5.86. The molecule has 0 bridgehead atoms. The molecule has 0 spiro atoms. The number of carbonyl (C=O) groups is 1. The molecule has 1 N–H and O–H groups in total. The van der Waals surface area contributed by atoms with Crippen molar-refractivity contribution in [3.05, 3.63) is 72.2 Å². The number of benzene rings is 2. The molecule has 2 amide bonds. The summed E-state index contributed by atoms with van der Waals surface area (Å²) in [5.41, 5.74) is 1.10. The van der Waals surface area contributed by atoms with E-state index >= 15 is 0 Å². The van der Waals surface area contributed by atoms with E-state index in [0.29, 0.717) is 19.7 Å². The van der Waals surface area contributed by atoms with E-state index in [1.54, 1.807) is 18.3 Å². The Balaban J connectivity index is 1.74. The van der Waals surface area contributed by atoms with E-state index < -0.39 is 0 Å². The fourth-order valence-electron chi connectivity index (χ4n) is 3.03. The lowest BCUT2D eigenvalue weighted by Gasteiger charge is -2.25. The first-order valence-electron chi connectivity index (χ1n) is 8.73. The van der Waals surface area contributed by atoms with Gasteiger partial charge in [0.1, 0.15) is 5.76 Å². The molecule has 0 aliphatic rings. The minimum absolute atomic E-state index is 0.116. The average Bonchev–Trinajstić information content (AvgIpc) is 3.17. The van der Waals surface area contributed by atoms with Gasteiger partial charge in [-0.1, -0.05) is 42.5 Å². The number of hydrogen-bond donors (Lipinski definition) is 1. The number of methoxy groups -OCH3 is 1. The van der Waals surface area contributed by atoms with Gasteiger partial charge in [-0.2, -0.15) is 0 Å². The lowest BCUT2D eigenvalue weighted by atomic mass is 10.00. The maximum atomic E-state index is 12.8. The number of ether oxygens (including phenoxy) is 1. The zero-order valence-corrected chi connectivity index (χ0v) is 15.1. The second kappa shape index (κ2) is 8.54. The SMILES string of the molecule is COCCN(Cc1ccco1)C(=O)NC(C)c1cccc2ccccc12. The van der Waals surface area contributed by atoms with E-state index in [2.05, 4.69) is 29.6 Å². The lowest BCUT2D eigenvalue weighted by molar-refractivity contribution is 0.141. The summed E-state index contributed by atoms with van der Waals surface area (Å²) in [5, 5.41) is 5.41. The van der Waals surface area contributed by atoms with Gasteiger partial charge in [-0.3, -0.25) is 0 Å². The quantitative estimate of drug-likeness (QED) is 0.688. The first-order valence-corrected chi connectivity index (χ1v) is 8.73. The summed E-state index contributed by atoms with van der Waals surface area (Å²) in [7, 11) is 1.63. The molecule has 0 aliphatic carbocycles. The Morgan fingerprint density at radius 1 is 1.15 bits per heavy atom. The van der Waals surface area contributed by atoms with Gasteiger partial charge in [0.05, 0.1) is 25.5 Å². The van der Waals surface area contributed by atoms with Crippen molar-refractivity contribution in [3.8, 4) is 0 Å². The Morgan fingerprint density at radius 3 is 2.73 bits per heavy atom. The van der Waals surface area contributed by atoms with Crippen molar-refractivity contribution in [2.24, 2.45) is 0 Å². The summed E-state index contributed by atoms with van der Waals surface area (Å²) in [4.78, 5) is 14.5. The van der Waals surface area contributed by atoms with Crippen LogP contribution in [0.1, 0.15) is 24.3 Å². The average molecular weight is 352 g/mol. The van der Waals surface area contributed by atoms with Crippen LogP contribution < -0.4 is 5.32 Å². The van der Waals surface area contributed by atoms with Crippen LogP contribution in [0.15, 0.2) is 65.3 Å². The number of nitrogens with one attached hydrogen (secondary N) is 1. The second-order valence-corrected chi connectivity index (χ2v) is 6.23. The molecular weight excluding hydrogens is 328 g/mol. The van der Waals surface area contributed by atoms with Gasteiger partial charge in [0.15, 0.2) is 0 Å². The van der Waals surface area contributed by atoms with Gasteiger partial charge in [0.25, 0.3) is 0 Å². The van der Waals surface area contributed by atoms with E-state index in [4.69, 9.17) is 9.15 Å². The molecule has 0 saturated heterocycles. The lowest BCUT2D eigenvalue weighted by Crippen LogP contribution is -2.42. The van der Waals surface area contributed by atoms with Crippen LogP contribution in [0.25, 0.3) is 10.8 Å². The Bertz CT molecular complexity index is 840. The number of amides is 2. The predicted molar refractivity (Wildman–Crippen MR) is 102 cm³/mol. The first-order chi connectivity index (χ1) is 12.7. The van der Waals surface area contributed by atoms with E-state index in [0.717, 1.165) is 22.1 Å². The van der Waals surface area contributed by atoms with Crippen LogP contribution in [0, 0.1) is 0 Å². The van der Waals surface area contributed by atoms with Gasteiger partial charge >= 0.3 is 6.03 Å². The van der Waals surface area contributed by atoms with Gasteiger partial charge < -0.3 is 19.4 Å². The van der Waals surface area contributed by atoms with Gasteiger partial charge in [-0.05, 0) is 35.4 Å². The number of hydrogen-bond acceptors (Lipinski definition) is 3. The highest BCUT2D eigenvalue weighted by atomic mass is 16.5.